The maximum absolute atomic E-state index is 6.57. The van der Waals surface area contributed by atoms with Crippen LogP contribution in [0.5, 0.6) is 0 Å². The predicted molar refractivity (Wildman–Crippen MR) is 113 cm³/mol. The molecule has 0 aromatic carbocycles. The van der Waals surface area contributed by atoms with Crippen molar-refractivity contribution in [3.63, 3.8) is 0 Å². The monoisotopic (exact) mass is 403 g/mol. The molecule has 1 unspecified atom stereocenters. The first-order valence-electron chi connectivity index (χ1n) is 10.0. The first-order valence-corrected chi connectivity index (χ1v) is 14.0. The molecule has 4 rings (SSSR count). The third-order valence-corrected chi connectivity index (χ3v) is 12.1. The third-order valence-electron chi connectivity index (χ3n) is 9.96. The van der Waals surface area contributed by atoms with Gasteiger partial charge in [0.05, 0.1) is 24.5 Å². The van der Waals surface area contributed by atoms with Crippen molar-refractivity contribution in [2.75, 3.05) is 0 Å². The molecular weight excluding hydrogens is 367 g/mol. The summed E-state index contributed by atoms with van der Waals surface area (Å²) in [5.41, 5.74) is 1.16. The van der Waals surface area contributed by atoms with Crippen LogP contribution in [-0.4, -0.2) is 12.2 Å². The lowest BCUT2D eigenvalue weighted by Gasteiger charge is -2.40. The van der Waals surface area contributed by atoms with Crippen LogP contribution < -0.4 is 0 Å². The van der Waals surface area contributed by atoms with E-state index >= 15 is 0 Å². The van der Waals surface area contributed by atoms with Gasteiger partial charge in [-0.3, -0.25) is 0 Å². The lowest BCUT2D eigenvalue weighted by atomic mass is 9.70. The van der Waals surface area contributed by atoms with E-state index in [0.29, 0.717) is 10.8 Å². The third kappa shape index (κ3) is 2.49. The van der Waals surface area contributed by atoms with Crippen LogP contribution in [0.4, 0.5) is 0 Å². The van der Waals surface area contributed by atoms with E-state index in [4.69, 9.17) is 33.5 Å². The Hall–Kier alpha value is 1.05. The summed E-state index contributed by atoms with van der Waals surface area (Å²) in [6, 6.07) is 0. The van der Waals surface area contributed by atoms with Crippen molar-refractivity contribution >= 4 is 30.6 Å². The minimum atomic E-state index is -2.41. The second kappa shape index (κ2) is 5.56. The van der Waals surface area contributed by atoms with Crippen LogP contribution in [0.15, 0.2) is 0 Å². The Morgan fingerprint density at radius 1 is 0.720 bits per heavy atom. The summed E-state index contributed by atoms with van der Waals surface area (Å²) in [5.74, 6) is 1.53. The molecule has 144 valence electrons. The Bertz CT molecular complexity index is 530. The molecule has 6 atom stereocenters. The molecule has 0 aromatic rings. The highest BCUT2D eigenvalue weighted by molar-refractivity contribution is 8.82. The van der Waals surface area contributed by atoms with Gasteiger partial charge in [-0.25, -0.2) is 0 Å². The van der Waals surface area contributed by atoms with Crippen LogP contribution in [0.2, 0.25) is 0 Å². The Labute approximate surface area is 165 Å². The van der Waals surface area contributed by atoms with E-state index in [-0.39, 0.29) is 23.0 Å². The van der Waals surface area contributed by atoms with Crippen LogP contribution >= 0.6 is 30.6 Å². The SMILES string of the molecule is CC1(C)C2CC[C@]1(C)[C@H](O[P+](S)(S)O[C@@H]1C[C@H]3CC[C@@]1(C)C3(C)C)C2. The quantitative estimate of drug-likeness (QED) is 0.389. The van der Waals surface area contributed by atoms with Gasteiger partial charge in [0.25, 0.3) is 0 Å². The summed E-state index contributed by atoms with van der Waals surface area (Å²) in [5, 5.41) is 0. The van der Waals surface area contributed by atoms with E-state index in [0.717, 1.165) is 24.7 Å². The molecule has 0 radical (unpaired) electrons. The van der Waals surface area contributed by atoms with Crippen molar-refractivity contribution in [3.05, 3.63) is 0 Å². The van der Waals surface area contributed by atoms with Gasteiger partial charge in [-0.2, -0.15) is 9.05 Å². The van der Waals surface area contributed by atoms with Crippen LogP contribution in [0.3, 0.4) is 0 Å². The minimum Gasteiger partial charge on any atom is -0.179 e. The molecule has 4 bridgehead atoms. The fourth-order valence-corrected chi connectivity index (χ4v) is 9.65. The molecule has 0 saturated heterocycles. The van der Waals surface area contributed by atoms with Crippen molar-refractivity contribution in [3.8, 4) is 0 Å². The molecular formula is C20H36O2PS2+. The fraction of sp³-hybridized carbons (Fsp3) is 1.00. The summed E-state index contributed by atoms with van der Waals surface area (Å²) in [7, 11) is 0. The number of thiol groups is 2. The molecule has 25 heavy (non-hydrogen) atoms. The number of hydrogen-bond acceptors (Lipinski definition) is 4. The second-order valence-corrected chi connectivity index (χ2v) is 16.4. The summed E-state index contributed by atoms with van der Waals surface area (Å²) in [4.78, 5) is 0. The number of fused-ring (bicyclic) bond motifs is 4. The van der Waals surface area contributed by atoms with Crippen LogP contribution in [0, 0.1) is 33.5 Å². The highest BCUT2D eigenvalue weighted by Gasteiger charge is 2.67. The molecule has 0 amide bonds. The summed E-state index contributed by atoms with van der Waals surface area (Å²) in [6.45, 7) is 14.5. The molecule has 4 aliphatic carbocycles. The molecule has 0 spiro atoms. The summed E-state index contributed by atoms with van der Waals surface area (Å²) in [6.07, 6.45) is 5.55. The first-order chi connectivity index (χ1) is 11.3. The summed E-state index contributed by atoms with van der Waals surface area (Å²) < 4.78 is 13.1. The van der Waals surface area contributed by atoms with Crippen LogP contribution in [0.1, 0.15) is 80.1 Å². The van der Waals surface area contributed by atoms with Crippen LogP contribution in [-0.2, 0) is 9.05 Å². The van der Waals surface area contributed by atoms with E-state index in [1.54, 1.807) is 0 Å². The van der Waals surface area contributed by atoms with Crippen molar-refractivity contribution in [1.82, 2.24) is 0 Å². The van der Waals surface area contributed by atoms with Gasteiger partial charge in [-0.15, -0.1) is 0 Å². The smallest absolute Gasteiger partial charge is 0.179 e. The van der Waals surface area contributed by atoms with Gasteiger partial charge in [0, 0.05) is 10.8 Å². The van der Waals surface area contributed by atoms with E-state index in [1.165, 1.54) is 25.7 Å². The number of hydrogen-bond donors (Lipinski definition) is 2. The van der Waals surface area contributed by atoms with E-state index in [2.05, 4.69) is 41.5 Å². The summed E-state index contributed by atoms with van der Waals surface area (Å²) >= 11 is 9.69. The van der Waals surface area contributed by atoms with Crippen LogP contribution in [0.25, 0.3) is 0 Å². The van der Waals surface area contributed by atoms with Crippen molar-refractivity contribution < 1.29 is 9.05 Å². The molecule has 5 heteroatoms. The average molecular weight is 404 g/mol. The molecule has 0 heterocycles. The molecule has 0 N–H and O–H groups in total. The highest BCUT2D eigenvalue weighted by Crippen LogP contribution is 2.79. The molecule has 4 saturated carbocycles. The Morgan fingerprint density at radius 2 is 1.08 bits per heavy atom. The Morgan fingerprint density at radius 3 is 1.32 bits per heavy atom. The zero-order valence-electron chi connectivity index (χ0n) is 16.7. The van der Waals surface area contributed by atoms with E-state index in [1.807, 2.05) is 0 Å². The van der Waals surface area contributed by atoms with Gasteiger partial charge >= 0.3 is 6.12 Å². The normalized spacial score (nSPS) is 49.9. The lowest BCUT2D eigenvalue weighted by molar-refractivity contribution is 0.000773. The predicted octanol–water partition coefficient (Wildman–Crippen LogP) is 6.99. The van der Waals surface area contributed by atoms with Gasteiger partial charge in [-0.1, -0.05) is 41.5 Å². The van der Waals surface area contributed by atoms with Crippen molar-refractivity contribution in [1.29, 1.82) is 0 Å². The molecule has 4 fully saturated rings. The van der Waals surface area contributed by atoms with Gasteiger partial charge < -0.3 is 0 Å². The highest BCUT2D eigenvalue weighted by atomic mass is 33.1. The molecule has 2 nitrogen and oxygen atoms in total. The van der Waals surface area contributed by atoms with Gasteiger partial charge in [0.2, 0.25) is 0 Å². The zero-order valence-corrected chi connectivity index (χ0v) is 19.4. The fourth-order valence-electron chi connectivity index (χ4n) is 6.94. The van der Waals surface area contributed by atoms with Crippen molar-refractivity contribution in [2.24, 2.45) is 33.5 Å². The minimum absolute atomic E-state index is 0.232. The lowest BCUT2D eigenvalue weighted by Crippen LogP contribution is -2.38. The Balaban J connectivity index is 1.47. The van der Waals surface area contributed by atoms with E-state index in [9.17, 15) is 0 Å². The maximum Gasteiger partial charge on any atom is 0.389 e. The average Bonchev–Trinajstić information content (AvgIpc) is 2.98. The van der Waals surface area contributed by atoms with Crippen molar-refractivity contribution in [2.45, 2.75) is 92.3 Å². The van der Waals surface area contributed by atoms with Gasteiger partial charge in [0.15, 0.2) is 0 Å². The molecule has 0 aliphatic heterocycles. The maximum atomic E-state index is 6.57. The number of rotatable bonds is 4. The molecule has 0 aromatic heterocycles. The van der Waals surface area contributed by atoms with E-state index < -0.39 is 6.12 Å². The second-order valence-electron chi connectivity index (χ2n) is 10.9. The largest absolute Gasteiger partial charge is 0.389 e. The Kier molecular flexibility index (Phi) is 4.31. The topological polar surface area (TPSA) is 18.5 Å². The molecule has 4 aliphatic rings. The standard InChI is InChI=1S/C20H36O2PS2/c1-17(2)13-7-9-19(17,5)15(11-13)21-23(24,25)22-16-12-14-8-10-20(16,6)18(14,3)4/h13-16,24-25H,7-12H2,1-6H3/q+1/t13-,14?,15-,16-,19-,20-/m1/s1. The van der Waals surface area contributed by atoms with Gasteiger partial charge in [0.1, 0.15) is 12.2 Å². The van der Waals surface area contributed by atoms with Gasteiger partial charge in [-0.05, 0) is 61.2 Å². The zero-order chi connectivity index (χ0) is 18.5. The first kappa shape index (κ1) is 19.4.